The quantitative estimate of drug-likeness (QED) is 0.809. The molecule has 0 saturated carbocycles. The van der Waals surface area contributed by atoms with Crippen LogP contribution in [0.5, 0.6) is 0 Å². The first-order valence-electron chi connectivity index (χ1n) is 7.18. The number of aryl methyl sites for hydroxylation is 1. The van der Waals surface area contributed by atoms with E-state index in [-0.39, 0.29) is 5.41 Å². The smallest absolute Gasteiger partial charge is 0.130 e. The molecule has 0 atom stereocenters. The molecule has 0 saturated heterocycles. The molecule has 1 aromatic heterocycles. The van der Waals surface area contributed by atoms with Gasteiger partial charge in [0.1, 0.15) is 5.82 Å². The molecule has 0 radical (unpaired) electrons. The second-order valence-corrected chi connectivity index (χ2v) is 7.16. The summed E-state index contributed by atoms with van der Waals surface area (Å²) in [6.07, 6.45) is 1.10. The predicted molar refractivity (Wildman–Crippen MR) is 91.7 cm³/mol. The van der Waals surface area contributed by atoms with Crippen LogP contribution in [0, 0.1) is 6.92 Å². The maximum Gasteiger partial charge on any atom is 0.130 e. The van der Waals surface area contributed by atoms with Crippen LogP contribution in [0.1, 0.15) is 45.2 Å². The SMILES string of the molecule is CCCNc1nc2c(C)c(Br)ccc2cc1C(C)(C)C. The summed E-state index contributed by atoms with van der Waals surface area (Å²) in [5.41, 5.74) is 3.63. The van der Waals surface area contributed by atoms with Gasteiger partial charge < -0.3 is 5.32 Å². The highest BCUT2D eigenvalue weighted by Gasteiger charge is 2.20. The Labute approximate surface area is 130 Å². The van der Waals surface area contributed by atoms with Gasteiger partial charge >= 0.3 is 0 Å². The van der Waals surface area contributed by atoms with E-state index in [0.29, 0.717) is 0 Å². The summed E-state index contributed by atoms with van der Waals surface area (Å²) in [6, 6.07) is 6.52. The third-order valence-corrected chi connectivity index (χ3v) is 4.38. The van der Waals surface area contributed by atoms with E-state index in [0.717, 1.165) is 28.8 Å². The first-order valence-corrected chi connectivity index (χ1v) is 7.98. The maximum absolute atomic E-state index is 4.90. The molecule has 2 aromatic rings. The average molecular weight is 335 g/mol. The largest absolute Gasteiger partial charge is 0.370 e. The number of aromatic nitrogens is 1. The third kappa shape index (κ3) is 2.98. The van der Waals surface area contributed by atoms with Crippen LogP contribution in [-0.2, 0) is 5.41 Å². The van der Waals surface area contributed by atoms with Crippen molar-refractivity contribution in [2.45, 2.75) is 46.5 Å². The highest BCUT2D eigenvalue weighted by molar-refractivity contribution is 9.10. The fraction of sp³-hybridized carbons (Fsp3) is 0.471. The molecular weight excluding hydrogens is 312 g/mol. The number of nitrogens with zero attached hydrogens (tertiary/aromatic N) is 1. The van der Waals surface area contributed by atoms with Gasteiger partial charge in [0.15, 0.2) is 0 Å². The zero-order valence-electron chi connectivity index (χ0n) is 13.0. The number of halogens is 1. The molecule has 1 heterocycles. The fourth-order valence-electron chi connectivity index (χ4n) is 2.31. The van der Waals surface area contributed by atoms with Gasteiger partial charge in [-0.1, -0.05) is 49.7 Å². The lowest BCUT2D eigenvalue weighted by Gasteiger charge is -2.23. The van der Waals surface area contributed by atoms with Gasteiger partial charge in [-0.25, -0.2) is 4.98 Å². The van der Waals surface area contributed by atoms with Gasteiger partial charge in [0.2, 0.25) is 0 Å². The minimum atomic E-state index is 0.0816. The van der Waals surface area contributed by atoms with Gasteiger partial charge in [0.05, 0.1) is 5.52 Å². The Hall–Kier alpha value is -1.09. The summed E-state index contributed by atoms with van der Waals surface area (Å²) >= 11 is 3.59. The molecule has 1 aromatic carbocycles. The standard InChI is InChI=1S/C17H23BrN2/c1-6-9-19-16-13(17(3,4)5)10-12-7-8-14(18)11(2)15(12)20-16/h7-8,10H,6,9H2,1-5H3,(H,19,20). The van der Waals surface area contributed by atoms with Crippen LogP contribution in [0.3, 0.4) is 0 Å². The summed E-state index contributed by atoms with van der Waals surface area (Å²) in [5, 5.41) is 4.69. The molecule has 0 bridgehead atoms. The topological polar surface area (TPSA) is 24.9 Å². The van der Waals surface area contributed by atoms with E-state index in [2.05, 4.69) is 74.1 Å². The van der Waals surface area contributed by atoms with Crippen molar-refractivity contribution in [1.29, 1.82) is 0 Å². The van der Waals surface area contributed by atoms with E-state index < -0.39 is 0 Å². The molecule has 0 aliphatic heterocycles. The van der Waals surface area contributed by atoms with Crippen LogP contribution in [-0.4, -0.2) is 11.5 Å². The van der Waals surface area contributed by atoms with E-state index >= 15 is 0 Å². The van der Waals surface area contributed by atoms with Crippen molar-refractivity contribution < 1.29 is 0 Å². The lowest BCUT2D eigenvalue weighted by Crippen LogP contribution is -2.16. The molecule has 0 aliphatic carbocycles. The number of benzene rings is 1. The Bertz CT molecular complexity index is 627. The Kier molecular flexibility index (Phi) is 4.38. The van der Waals surface area contributed by atoms with Gasteiger partial charge in [0, 0.05) is 22.0 Å². The molecule has 0 unspecified atom stereocenters. The number of nitrogens with one attached hydrogen (secondary N) is 1. The van der Waals surface area contributed by atoms with E-state index in [4.69, 9.17) is 4.98 Å². The Morgan fingerprint density at radius 1 is 1.25 bits per heavy atom. The van der Waals surface area contributed by atoms with Crippen LogP contribution in [0.2, 0.25) is 0 Å². The Morgan fingerprint density at radius 2 is 1.95 bits per heavy atom. The molecule has 3 heteroatoms. The zero-order chi connectivity index (χ0) is 14.9. The van der Waals surface area contributed by atoms with Gasteiger partial charge in [-0.3, -0.25) is 0 Å². The number of fused-ring (bicyclic) bond motifs is 1. The van der Waals surface area contributed by atoms with Gasteiger partial charge in [-0.15, -0.1) is 0 Å². The molecule has 20 heavy (non-hydrogen) atoms. The maximum atomic E-state index is 4.90. The molecule has 2 nitrogen and oxygen atoms in total. The van der Waals surface area contributed by atoms with E-state index in [1.165, 1.54) is 16.5 Å². The summed E-state index contributed by atoms with van der Waals surface area (Å²) in [6.45, 7) is 11.9. The van der Waals surface area contributed by atoms with Crippen LogP contribution >= 0.6 is 15.9 Å². The van der Waals surface area contributed by atoms with Crippen LogP contribution < -0.4 is 5.32 Å². The zero-order valence-corrected chi connectivity index (χ0v) is 14.6. The van der Waals surface area contributed by atoms with Gasteiger partial charge in [-0.2, -0.15) is 0 Å². The number of hydrogen-bond donors (Lipinski definition) is 1. The molecule has 0 aliphatic rings. The lowest BCUT2D eigenvalue weighted by molar-refractivity contribution is 0.590. The monoisotopic (exact) mass is 334 g/mol. The molecule has 1 N–H and O–H groups in total. The van der Waals surface area contributed by atoms with Gasteiger partial charge in [-0.05, 0) is 36.5 Å². The first-order chi connectivity index (χ1) is 9.34. The second-order valence-electron chi connectivity index (χ2n) is 6.31. The van der Waals surface area contributed by atoms with E-state index in [9.17, 15) is 0 Å². The van der Waals surface area contributed by atoms with Crippen molar-refractivity contribution in [3.8, 4) is 0 Å². The highest BCUT2D eigenvalue weighted by atomic mass is 79.9. The van der Waals surface area contributed by atoms with Crippen LogP contribution in [0.4, 0.5) is 5.82 Å². The van der Waals surface area contributed by atoms with Crippen molar-refractivity contribution >= 4 is 32.7 Å². The van der Waals surface area contributed by atoms with Crippen LogP contribution in [0.15, 0.2) is 22.7 Å². The summed E-state index contributed by atoms with van der Waals surface area (Å²) in [4.78, 5) is 4.90. The predicted octanol–water partition coefficient (Wildman–Crippen LogP) is 5.43. The van der Waals surface area contributed by atoms with E-state index in [1.807, 2.05) is 0 Å². The molecule has 108 valence electrons. The highest BCUT2D eigenvalue weighted by Crippen LogP contribution is 2.33. The number of hydrogen-bond acceptors (Lipinski definition) is 2. The minimum Gasteiger partial charge on any atom is -0.370 e. The fourth-order valence-corrected chi connectivity index (χ4v) is 2.63. The van der Waals surface area contributed by atoms with Crippen LogP contribution in [0.25, 0.3) is 10.9 Å². The normalized spacial score (nSPS) is 11.9. The molecule has 0 amide bonds. The third-order valence-electron chi connectivity index (χ3n) is 3.53. The second kappa shape index (κ2) is 5.72. The Balaban J connectivity index is 2.68. The first kappa shape index (κ1) is 15.3. The summed E-state index contributed by atoms with van der Waals surface area (Å²) < 4.78 is 1.11. The minimum absolute atomic E-state index is 0.0816. The van der Waals surface area contributed by atoms with E-state index in [1.54, 1.807) is 0 Å². The van der Waals surface area contributed by atoms with Gasteiger partial charge in [0.25, 0.3) is 0 Å². The van der Waals surface area contributed by atoms with Crippen molar-refractivity contribution in [3.63, 3.8) is 0 Å². The number of pyridine rings is 1. The molecule has 0 spiro atoms. The van der Waals surface area contributed by atoms with Crippen molar-refractivity contribution in [3.05, 3.63) is 33.8 Å². The number of rotatable bonds is 3. The summed E-state index contributed by atoms with van der Waals surface area (Å²) in [5.74, 6) is 1.02. The molecular formula is C17H23BrN2. The Morgan fingerprint density at radius 3 is 2.55 bits per heavy atom. The summed E-state index contributed by atoms with van der Waals surface area (Å²) in [7, 11) is 0. The van der Waals surface area contributed by atoms with Crippen molar-refractivity contribution in [2.75, 3.05) is 11.9 Å². The average Bonchev–Trinajstić information content (AvgIpc) is 2.39. The molecule has 2 rings (SSSR count). The molecule has 0 fully saturated rings. The van der Waals surface area contributed by atoms with Crippen molar-refractivity contribution in [1.82, 2.24) is 4.98 Å². The number of anilines is 1. The van der Waals surface area contributed by atoms with Crippen molar-refractivity contribution in [2.24, 2.45) is 0 Å². The lowest BCUT2D eigenvalue weighted by atomic mass is 9.86.